The topological polar surface area (TPSA) is 56.1 Å². The Labute approximate surface area is 337 Å². The lowest BCUT2D eigenvalue weighted by atomic mass is 9.74. The molecule has 2 aliphatic heterocycles. The van der Waals surface area contributed by atoms with Gasteiger partial charge in [0.1, 0.15) is 11.5 Å². The summed E-state index contributed by atoms with van der Waals surface area (Å²) in [5, 5.41) is 0. The normalized spacial score (nSPS) is 17.4. The van der Waals surface area contributed by atoms with Gasteiger partial charge in [-0.05, 0) is 100 Å². The summed E-state index contributed by atoms with van der Waals surface area (Å²) < 4.78 is 8.93. The summed E-state index contributed by atoms with van der Waals surface area (Å²) in [6, 6.07) is 43.9. The third kappa shape index (κ3) is 4.63. The van der Waals surface area contributed by atoms with E-state index in [0.717, 1.165) is 67.6 Å². The Balaban J connectivity index is 1.07. The summed E-state index contributed by atoms with van der Waals surface area (Å²) in [6.45, 7) is 8.92. The smallest absolute Gasteiger partial charge is 0.233 e. The fraction of sp³-hybridized carbons (Fsp3) is 0.135. The molecule has 0 saturated carbocycles. The van der Waals surface area contributed by atoms with Gasteiger partial charge < -0.3 is 9.30 Å². The fourth-order valence-corrected chi connectivity index (χ4v) is 9.91. The first-order chi connectivity index (χ1) is 28.3. The molecule has 0 N–H and O–H groups in total. The summed E-state index contributed by atoms with van der Waals surface area (Å²) in [5.41, 5.74) is 17.7. The molecule has 0 radical (unpaired) electrons. The first-order valence-electron chi connectivity index (χ1n) is 20.1. The van der Waals surface area contributed by atoms with Crippen molar-refractivity contribution in [3.8, 4) is 67.3 Å². The van der Waals surface area contributed by atoms with Crippen LogP contribution in [0.5, 0.6) is 11.5 Å². The zero-order chi connectivity index (χ0) is 38.9. The molecule has 6 heteroatoms. The quantitative estimate of drug-likeness (QED) is 0.176. The minimum absolute atomic E-state index is 0.00484. The van der Waals surface area contributed by atoms with E-state index < -0.39 is 0 Å². The maximum atomic E-state index is 6.60. The van der Waals surface area contributed by atoms with E-state index in [1.54, 1.807) is 0 Å². The molecule has 2 unspecified atom stereocenters. The van der Waals surface area contributed by atoms with Gasteiger partial charge in [0, 0.05) is 33.9 Å². The Morgan fingerprint density at radius 3 is 2.07 bits per heavy atom. The Hall–Kier alpha value is -7.05. The van der Waals surface area contributed by atoms with E-state index in [-0.39, 0.29) is 17.5 Å². The number of nitrogens with zero attached hydrogens (tertiary/aromatic N) is 5. The van der Waals surface area contributed by atoms with Crippen LogP contribution in [0.2, 0.25) is 0 Å². The van der Waals surface area contributed by atoms with Crippen LogP contribution in [0.25, 0.3) is 66.8 Å². The number of fused-ring (bicyclic) bond motifs is 15. The van der Waals surface area contributed by atoms with Crippen molar-refractivity contribution in [1.82, 2.24) is 19.5 Å². The zero-order valence-electron chi connectivity index (χ0n) is 32.7. The highest BCUT2D eigenvalue weighted by Gasteiger charge is 2.42. The summed E-state index contributed by atoms with van der Waals surface area (Å²) in [5.74, 6) is 3.36. The molecule has 4 aliphatic rings. The monoisotopic (exact) mass is 749 g/mol. The molecule has 2 atom stereocenters. The second kappa shape index (κ2) is 12.0. The second-order valence-corrected chi connectivity index (χ2v) is 16.6. The first kappa shape index (κ1) is 33.1. The van der Waals surface area contributed by atoms with Gasteiger partial charge in [0.25, 0.3) is 0 Å². The van der Waals surface area contributed by atoms with Crippen LogP contribution in [-0.4, -0.2) is 25.6 Å². The Kier molecular flexibility index (Phi) is 6.84. The van der Waals surface area contributed by atoms with E-state index in [9.17, 15) is 0 Å². The molecule has 2 aromatic heterocycles. The van der Waals surface area contributed by atoms with Crippen LogP contribution in [0, 0.1) is 13.8 Å². The SMILES string of the molecule is Cc1ccc2c(c1)Oc1cc(C)c(-c3ccc4c(c3)-c3ccccc3-c3ccccc3-c3cnc(N5c6nc7ccccc7n6C6C=CC=CC65)nc3-4)cc1C2(C)C. The Morgan fingerprint density at radius 1 is 0.586 bits per heavy atom. The predicted molar refractivity (Wildman–Crippen MR) is 234 cm³/mol. The molecular formula is C52H39N5O. The van der Waals surface area contributed by atoms with Crippen molar-refractivity contribution in [2.24, 2.45) is 0 Å². The number of rotatable bonds is 2. The number of hydrogen-bond donors (Lipinski definition) is 0. The minimum Gasteiger partial charge on any atom is -0.457 e. The van der Waals surface area contributed by atoms with Gasteiger partial charge in [0.15, 0.2) is 0 Å². The van der Waals surface area contributed by atoms with Crippen LogP contribution < -0.4 is 9.64 Å². The van der Waals surface area contributed by atoms with Gasteiger partial charge in [-0.2, -0.15) is 0 Å². The molecule has 6 aromatic carbocycles. The van der Waals surface area contributed by atoms with E-state index in [1.165, 1.54) is 38.9 Å². The van der Waals surface area contributed by atoms with Crippen molar-refractivity contribution < 1.29 is 4.74 Å². The van der Waals surface area contributed by atoms with Gasteiger partial charge in [-0.3, -0.25) is 4.90 Å². The highest BCUT2D eigenvalue weighted by Crippen LogP contribution is 2.52. The van der Waals surface area contributed by atoms with Crippen molar-refractivity contribution in [3.05, 3.63) is 174 Å². The van der Waals surface area contributed by atoms with Crippen molar-refractivity contribution in [1.29, 1.82) is 0 Å². The van der Waals surface area contributed by atoms with Crippen LogP contribution in [0.3, 0.4) is 0 Å². The van der Waals surface area contributed by atoms with Crippen molar-refractivity contribution in [2.45, 2.75) is 45.2 Å². The molecule has 6 nitrogen and oxygen atoms in total. The number of hydrogen-bond acceptors (Lipinski definition) is 5. The highest BCUT2D eigenvalue weighted by atomic mass is 16.5. The van der Waals surface area contributed by atoms with Gasteiger partial charge in [0.05, 0.1) is 28.8 Å². The molecule has 0 bridgehead atoms. The van der Waals surface area contributed by atoms with Crippen LogP contribution in [0.1, 0.15) is 42.1 Å². The highest BCUT2D eigenvalue weighted by molar-refractivity contribution is 6.03. The van der Waals surface area contributed by atoms with E-state index in [2.05, 4.69) is 177 Å². The number of ether oxygens (including phenoxy) is 1. The molecule has 0 fully saturated rings. The summed E-state index contributed by atoms with van der Waals surface area (Å²) in [4.78, 5) is 18.2. The average Bonchev–Trinajstić information content (AvgIpc) is 3.77. The molecule has 278 valence electrons. The van der Waals surface area contributed by atoms with E-state index in [0.29, 0.717) is 5.95 Å². The fourth-order valence-electron chi connectivity index (χ4n) is 9.91. The van der Waals surface area contributed by atoms with Crippen LogP contribution in [0.4, 0.5) is 11.9 Å². The maximum Gasteiger partial charge on any atom is 0.233 e. The number of aromatic nitrogens is 4. The molecule has 58 heavy (non-hydrogen) atoms. The molecule has 4 heterocycles. The molecule has 2 aliphatic carbocycles. The van der Waals surface area contributed by atoms with E-state index >= 15 is 0 Å². The summed E-state index contributed by atoms with van der Waals surface area (Å²) >= 11 is 0. The summed E-state index contributed by atoms with van der Waals surface area (Å²) in [7, 11) is 0. The second-order valence-electron chi connectivity index (χ2n) is 16.6. The Morgan fingerprint density at radius 2 is 1.28 bits per heavy atom. The van der Waals surface area contributed by atoms with Gasteiger partial charge >= 0.3 is 0 Å². The standard InChI is InChI=1S/C52H39N5O/c1-30-21-24-41-47(25-30)58-48-26-31(2)38(28-42(48)52(41,3)4)32-22-23-37-39(27-32)35-15-7-5-13-33(35)34-14-6-8-16-36(34)40-29-53-50(55-49(37)40)57-46-20-12-11-19-45(46)56-44-18-10-9-17-43(44)54-51(56)57/h5-29,45-46H,1-4H3. The third-order valence-corrected chi connectivity index (χ3v) is 12.8. The minimum atomic E-state index is -0.232. The third-order valence-electron chi connectivity index (χ3n) is 12.8. The summed E-state index contributed by atoms with van der Waals surface area (Å²) in [6.07, 6.45) is 10.8. The molecule has 0 saturated heterocycles. The first-order valence-corrected chi connectivity index (χ1v) is 20.1. The zero-order valence-corrected chi connectivity index (χ0v) is 32.7. The molecule has 0 spiro atoms. The number of benzene rings is 6. The lowest BCUT2D eigenvalue weighted by Crippen LogP contribution is -2.31. The van der Waals surface area contributed by atoms with Crippen LogP contribution >= 0.6 is 0 Å². The number of allylic oxidation sites excluding steroid dienone is 2. The average molecular weight is 750 g/mol. The van der Waals surface area contributed by atoms with E-state index in [4.69, 9.17) is 19.7 Å². The van der Waals surface area contributed by atoms with Gasteiger partial charge in [-0.25, -0.2) is 15.0 Å². The lowest BCUT2D eigenvalue weighted by molar-refractivity contribution is 0.417. The predicted octanol–water partition coefficient (Wildman–Crippen LogP) is 12.7. The number of aryl methyl sites for hydroxylation is 2. The van der Waals surface area contributed by atoms with Crippen molar-refractivity contribution in [3.63, 3.8) is 0 Å². The molecular weight excluding hydrogens is 711 g/mol. The Bertz CT molecular complexity index is 3130. The number of para-hydroxylation sites is 2. The van der Waals surface area contributed by atoms with Crippen LogP contribution in [-0.2, 0) is 5.41 Å². The maximum absolute atomic E-state index is 6.60. The molecule has 0 amide bonds. The van der Waals surface area contributed by atoms with Gasteiger partial charge in [-0.1, -0.05) is 123 Å². The number of anilines is 2. The largest absolute Gasteiger partial charge is 0.457 e. The van der Waals surface area contributed by atoms with Crippen molar-refractivity contribution >= 4 is 22.9 Å². The van der Waals surface area contributed by atoms with Gasteiger partial charge in [-0.15, -0.1) is 0 Å². The van der Waals surface area contributed by atoms with Crippen molar-refractivity contribution in [2.75, 3.05) is 4.90 Å². The molecule has 8 aromatic rings. The van der Waals surface area contributed by atoms with Gasteiger partial charge in [0.2, 0.25) is 11.9 Å². The van der Waals surface area contributed by atoms with E-state index in [1.807, 2.05) is 12.3 Å². The lowest BCUT2D eigenvalue weighted by Gasteiger charge is -2.35. The number of imidazole rings is 1. The van der Waals surface area contributed by atoms with Crippen LogP contribution in [0.15, 0.2) is 152 Å². The molecule has 12 rings (SSSR count).